The van der Waals surface area contributed by atoms with E-state index in [1.165, 1.54) is 16.8 Å². The Morgan fingerprint density at radius 2 is 1.60 bits per heavy atom. The number of benzene rings is 1. The van der Waals surface area contributed by atoms with Crippen LogP contribution in [-0.4, -0.2) is 20.7 Å². The maximum Gasteiger partial charge on any atom is 0.124 e. The Kier molecular flexibility index (Phi) is 4.78. The summed E-state index contributed by atoms with van der Waals surface area (Å²) in [5, 5.41) is 0. The Morgan fingerprint density at radius 1 is 1.05 bits per heavy atom. The van der Waals surface area contributed by atoms with Gasteiger partial charge in [0, 0.05) is 30.9 Å². The second-order valence-electron chi connectivity index (χ2n) is 8.01. The first-order valence-corrected chi connectivity index (χ1v) is 7.36. The monoisotopic (exact) mass is 277 g/mol. The van der Waals surface area contributed by atoms with Crippen LogP contribution in [0, 0.1) is 12.3 Å². The van der Waals surface area contributed by atoms with Crippen LogP contribution in [0.3, 0.4) is 0 Å². The predicted molar refractivity (Wildman–Crippen MR) is 89.2 cm³/mol. The maximum absolute atomic E-state index is 5.65. The molecule has 0 amide bonds. The van der Waals surface area contributed by atoms with E-state index in [2.05, 4.69) is 72.5 Å². The summed E-state index contributed by atoms with van der Waals surface area (Å²) in [4.78, 5) is 2.31. The largest absolute Gasteiger partial charge is 0.496 e. The highest BCUT2D eigenvalue weighted by molar-refractivity contribution is 5.58. The van der Waals surface area contributed by atoms with Gasteiger partial charge in [-0.05, 0) is 29.4 Å². The number of rotatable bonds is 3. The number of methoxy groups -OCH3 is 1. The van der Waals surface area contributed by atoms with Crippen molar-refractivity contribution < 1.29 is 4.74 Å². The summed E-state index contributed by atoms with van der Waals surface area (Å²) in [7, 11) is 3.91. The third-order valence-corrected chi connectivity index (χ3v) is 3.41. The molecule has 0 atom stereocenters. The van der Waals surface area contributed by atoms with Gasteiger partial charge in [-0.1, -0.05) is 41.5 Å². The van der Waals surface area contributed by atoms with Crippen molar-refractivity contribution in [2.75, 3.05) is 25.6 Å². The molecule has 0 heterocycles. The lowest BCUT2D eigenvalue weighted by Crippen LogP contribution is -2.29. The fourth-order valence-electron chi connectivity index (χ4n) is 2.88. The van der Waals surface area contributed by atoms with Crippen LogP contribution in [-0.2, 0) is 5.41 Å². The van der Waals surface area contributed by atoms with Crippen LogP contribution in [0.15, 0.2) is 12.1 Å². The Balaban J connectivity index is 3.24. The van der Waals surface area contributed by atoms with E-state index in [1.54, 1.807) is 7.11 Å². The Bertz CT molecular complexity index is 464. The Hall–Kier alpha value is -1.18. The normalized spacial score (nSPS) is 12.4. The topological polar surface area (TPSA) is 12.5 Å². The predicted octanol–water partition coefficient (Wildman–Crippen LogP) is 4.78. The molecule has 0 aliphatic heterocycles. The molecule has 0 fully saturated rings. The summed E-state index contributed by atoms with van der Waals surface area (Å²) in [5.41, 5.74) is 4.19. The van der Waals surface area contributed by atoms with Crippen LogP contribution in [0.25, 0.3) is 0 Å². The molecule has 0 aliphatic rings. The molecule has 0 unspecified atom stereocenters. The molecule has 0 N–H and O–H groups in total. The first-order chi connectivity index (χ1) is 8.95. The fourth-order valence-corrected chi connectivity index (χ4v) is 2.88. The average Bonchev–Trinajstić information content (AvgIpc) is 2.23. The van der Waals surface area contributed by atoms with Gasteiger partial charge in [-0.3, -0.25) is 0 Å². The van der Waals surface area contributed by atoms with Gasteiger partial charge >= 0.3 is 0 Å². The van der Waals surface area contributed by atoms with Gasteiger partial charge in [0.25, 0.3) is 0 Å². The SMILES string of the molecule is COc1cc(N(C)CC(C)(C)C)cc(C)c1C(C)(C)C. The molecular formula is C18H31NO. The highest BCUT2D eigenvalue weighted by Gasteiger charge is 2.23. The number of aryl methyl sites for hydroxylation is 1. The molecule has 0 bridgehead atoms. The second-order valence-corrected chi connectivity index (χ2v) is 8.01. The molecule has 1 aromatic carbocycles. The van der Waals surface area contributed by atoms with Crippen molar-refractivity contribution in [1.82, 2.24) is 0 Å². The van der Waals surface area contributed by atoms with E-state index < -0.39 is 0 Å². The average molecular weight is 277 g/mol. The lowest BCUT2D eigenvalue weighted by atomic mass is 9.83. The van der Waals surface area contributed by atoms with Crippen molar-refractivity contribution in [3.63, 3.8) is 0 Å². The van der Waals surface area contributed by atoms with Gasteiger partial charge in [0.05, 0.1) is 7.11 Å². The molecule has 2 nitrogen and oxygen atoms in total. The Labute approximate surface area is 125 Å². The van der Waals surface area contributed by atoms with Gasteiger partial charge in [-0.15, -0.1) is 0 Å². The van der Waals surface area contributed by atoms with E-state index in [-0.39, 0.29) is 10.8 Å². The zero-order valence-corrected chi connectivity index (χ0v) is 14.7. The molecule has 1 rings (SSSR count). The van der Waals surface area contributed by atoms with Crippen LogP contribution in [0.2, 0.25) is 0 Å². The summed E-state index contributed by atoms with van der Waals surface area (Å²) in [5.74, 6) is 0.994. The van der Waals surface area contributed by atoms with Crippen molar-refractivity contribution in [2.24, 2.45) is 5.41 Å². The summed E-state index contributed by atoms with van der Waals surface area (Å²) in [6, 6.07) is 4.44. The zero-order valence-electron chi connectivity index (χ0n) is 14.7. The van der Waals surface area contributed by atoms with E-state index in [9.17, 15) is 0 Å². The minimum atomic E-state index is 0.0938. The van der Waals surface area contributed by atoms with Crippen molar-refractivity contribution in [3.05, 3.63) is 23.3 Å². The minimum absolute atomic E-state index is 0.0938. The van der Waals surface area contributed by atoms with Crippen LogP contribution < -0.4 is 9.64 Å². The molecular weight excluding hydrogens is 246 g/mol. The molecule has 20 heavy (non-hydrogen) atoms. The quantitative estimate of drug-likeness (QED) is 0.788. The first kappa shape index (κ1) is 16.9. The lowest BCUT2D eigenvalue weighted by Gasteiger charge is -2.31. The van der Waals surface area contributed by atoms with E-state index >= 15 is 0 Å². The van der Waals surface area contributed by atoms with Crippen molar-refractivity contribution in [1.29, 1.82) is 0 Å². The summed E-state index contributed by atoms with van der Waals surface area (Å²) < 4.78 is 5.65. The van der Waals surface area contributed by atoms with Crippen molar-refractivity contribution >= 4 is 5.69 Å². The van der Waals surface area contributed by atoms with Gasteiger partial charge in [0.2, 0.25) is 0 Å². The molecule has 0 saturated heterocycles. The maximum atomic E-state index is 5.65. The molecule has 0 radical (unpaired) electrons. The second kappa shape index (κ2) is 5.67. The molecule has 0 saturated carbocycles. The molecule has 1 aromatic rings. The standard InChI is InChI=1S/C18H31NO/c1-13-10-14(19(8)12-17(2,3)4)11-15(20-9)16(13)18(5,6)7/h10-11H,12H2,1-9H3. The zero-order chi connectivity index (χ0) is 15.7. The van der Waals surface area contributed by atoms with E-state index in [4.69, 9.17) is 4.74 Å². The van der Waals surface area contributed by atoms with Crippen molar-refractivity contribution in [2.45, 2.75) is 53.9 Å². The molecule has 0 aromatic heterocycles. The number of hydrogen-bond acceptors (Lipinski definition) is 2. The summed E-state index contributed by atoms with van der Waals surface area (Å²) >= 11 is 0. The third-order valence-electron chi connectivity index (χ3n) is 3.41. The van der Waals surface area contributed by atoms with E-state index in [1.807, 2.05) is 0 Å². The lowest BCUT2D eigenvalue weighted by molar-refractivity contribution is 0.395. The minimum Gasteiger partial charge on any atom is -0.496 e. The molecule has 0 spiro atoms. The highest BCUT2D eigenvalue weighted by Crippen LogP contribution is 2.37. The molecule has 0 aliphatic carbocycles. The summed E-state index contributed by atoms with van der Waals surface area (Å²) in [6.07, 6.45) is 0. The van der Waals surface area contributed by atoms with Gasteiger partial charge in [0.15, 0.2) is 0 Å². The van der Waals surface area contributed by atoms with Gasteiger partial charge in [-0.25, -0.2) is 0 Å². The van der Waals surface area contributed by atoms with Gasteiger partial charge in [-0.2, -0.15) is 0 Å². The third kappa shape index (κ3) is 4.16. The Morgan fingerprint density at radius 3 is 2.00 bits per heavy atom. The van der Waals surface area contributed by atoms with Crippen LogP contribution in [0.4, 0.5) is 5.69 Å². The number of hydrogen-bond donors (Lipinski definition) is 0. The first-order valence-electron chi connectivity index (χ1n) is 7.36. The fraction of sp³-hybridized carbons (Fsp3) is 0.667. The van der Waals surface area contributed by atoms with E-state index in [0.717, 1.165) is 12.3 Å². The molecule has 2 heteroatoms. The summed E-state index contributed by atoms with van der Waals surface area (Å²) in [6.45, 7) is 16.7. The van der Waals surface area contributed by atoms with E-state index in [0.29, 0.717) is 0 Å². The number of ether oxygens (including phenoxy) is 1. The van der Waals surface area contributed by atoms with Crippen LogP contribution in [0.1, 0.15) is 52.7 Å². The highest BCUT2D eigenvalue weighted by atomic mass is 16.5. The number of nitrogens with zero attached hydrogens (tertiary/aromatic N) is 1. The smallest absolute Gasteiger partial charge is 0.124 e. The van der Waals surface area contributed by atoms with Crippen molar-refractivity contribution in [3.8, 4) is 5.75 Å². The van der Waals surface area contributed by atoms with Crippen LogP contribution >= 0.6 is 0 Å². The van der Waals surface area contributed by atoms with Gasteiger partial charge < -0.3 is 9.64 Å². The number of anilines is 1. The van der Waals surface area contributed by atoms with Crippen LogP contribution in [0.5, 0.6) is 5.75 Å². The molecule has 114 valence electrons. The van der Waals surface area contributed by atoms with Gasteiger partial charge in [0.1, 0.15) is 5.75 Å².